The van der Waals surface area contributed by atoms with Crippen molar-refractivity contribution in [2.24, 2.45) is 0 Å². The van der Waals surface area contributed by atoms with Crippen LogP contribution in [0.5, 0.6) is 0 Å². The number of nitrogens with zero attached hydrogens (tertiary/aromatic N) is 3. The predicted octanol–water partition coefficient (Wildman–Crippen LogP) is 0.558. The van der Waals surface area contributed by atoms with Crippen molar-refractivity contribution >= 4 is 34.6 Å². The highest BCUT2D eigenvalue weighted by Gasteiger charge is 2.23. The molecule has 0 saturated heterocycles. The third-order valence-electron chi connectivity index (χ3n) is 6.99. The van der Waals surface area contributed by atoms with Gasteiger partial charge in [0.2, 0.25) is 0 Å². The fraction of sp³-hybridized carbons (Fsp3) is 0.586. The summed E-state index contributed by atoms with van der Waals surface area (Å²) in [5, 5.41) is 69.2. The number of anilines is 2. The summed E-state index contributed by atoms with van der Waals surface area (Å²) in [6, 6.07) is 7.92. The molecule has 0 spiro atoms. The lowest BCUT2D eigenvalue weighted by Crippen LogP contribution is -2.47. The number of aliphatic hydroxyl groups is 6. The number of unbranched alkanes of at least 4 members (excludes halogenated alkanes) is 2. The van der Waals surface area contributed by atoms with E-state index >= 15 is 0 Å². The monoisotopic (exact) mass is 624 g/mol. The number of rotatable bonds is 21. The molecule has 0 radical (unpaired) electrons. The highest BCUT2D eigenvalue weighted by Crippen LogP contribution is 2.18. The fourth-order valence-corrected chi connectivity index (χ4v) is 4.48. The Balaban J connectivity index is 1.72. The maximum atomic E-state index is 12.5. The number of halogens is 1. The average molecular weight is 625 g/mol. The van der Waals surface area contributed by atoms with Crippen molar-refractivity contribution in [3.05, 3.63) is 46.4 Å². The maximum Gasteiger partial charge on any atom is 0.190 e. The number of hydrogen-bond acceptors (Lipinski definition) is 13. The number of nitrogens with two attached hydrogens (primary N) is 1. The molecule has 14 heteroatoms. The van der Waals surface area contributed by atoms with Crippen molar-refractivity contribution in [3.8, 4) is 0 Å². The molecule has 2 rings (SSSR count). The number of nitrogen functional groups attached to an aromatic ring is 1. The molecule has 0 fully saturated rings. The molecule has 0 aliphatic carbocycles. The summed E-state index contributed by atoms with van der Waals surface area (Å²) in [4.78, 5) is 22.1. The van der Waals surface area contributed by atoms with Gasteiger partial charge in [-0.15, -0.1) is 0 Å². The van der Waals surface area contributed by atoms with Crippen molar-refractivity contribution in [1.29, 1.82) is 5.41 Å². The van der Waals surface area contributed by atoms with Gasteiger partial charge in [-0.2, -0.15) is 0 Å². The lowest BCUT2D eigenvalue weighted by atomic mass is 10.0. The van der Waals surface area contributed by atoms with E-state index in [1.165, 1.54) is 0 Å². The van der Waals surface area contributed by atoms with E-state index in [1.54, 1.807) is 11.8 Å². The minimum atomic E-state index is -1.33. The quantitative estimate of drug-likeness (QED) is 0.0527. The van der Waals surface area contributed by atoms with Crippen LogP contribution in [0.4, 0.5) is 11.5 Å². The first-order valence-corrected chi connectivity index (χ1v) is 14.7. The number of ketones is 1. The van der Waals surface area contributed by atoms with Crippen LogP contribution in [-0.4, -0.2) is 121 Å². The number of benzene rings is 1. The second-order valence-corrected chi connectivity index (χ2v) is 11.0. The number of aliphatic hydroxyl groups excluding tert-OH is 6. The second-order valence-electron chi connectivity index (χ2n) is 10.6. The van der Waals surface area contributed by atoms with Crippen molar-refractivity contribution < 1.29 is 35.4 Å². The van der Waals surface area contributed by atoms with E-state index in [0.717, 1.165) is 36.9 Å². The van der Waals surface area contributed by atoms with E-state index in [9.17, 15) is 25.2 Å². The first-order valence-electron chi connectivity index (χ1n) is 14.3. The molecule has 240 valence electrons. The molecule has 1 heterocycles. The number of aryl methyl sites for hydroxylation is 2. The van der Waals surface area contributed by atoms with Gasteiger partial charge in [-0.25, -0.2) is 9.97 Å². The topological polar surface area (TPSA) is 229 Å². The Kier molecular flexibility index (Phi) is 15.9. The van der Waals surface area contributed by atoms with Crippen LogP contribution in [0.25, 0.3) is 0 Å². The van der Waals surface area contributed by atoms with Crippen LogP contribution in [0, 0.1) is 12.3 Å². The Morgan fingerprint density at radius 2 is 1.58 bits per heavy atom. The summed E-state index contributed by atoms with van der Waals surface area (Å²) in [6.07, 6.45) is -1.25. The van der Waals surface area contributed by atoms with Gasteiger partial charge in [0, 0.05) is 37.6 Å². The Hall–Kier alpha value is -2.75. The van der Waals surface area contributed by atoms with Crippen LogP contribution >= 0.6 is 11.6 Å². The molecule has 4 atom stereocenters. The number of nitrogens with one attached hydrogen (secondary N) is 2. The van der Waals surface area contributed by atoms with E-state index in [-0.39, 0.29) is 42.0 Å². The molecule has 0 unspecified atom stereocenters. The van der Waals surface area contributed by atoms with Crippen LogP contribution in [0.3, 0.4) is 0 Å². The van der Waals surface area contributed by atoms with Crippen LogP contribution in [0.2, 0.25) is 5.15 Å². The molecular formula is C29H45ClN6O7. The standard InChI is InChI=1S/C29H45ClN6O7/c1-18-28(30)35-27(29(32)34-18)22(39)13-20(31)6-4-2-3-5-19-7-9-21(10-8-19)33-11-12-36(14-23(40)25(42)16-37)15-24(41)26(43)17-38/h7-10,23-26,31,33,37-38,40-43H,2-6,11-17H2,1H3,(H2,32,34)/t23-,24-,25+,26+/m0/s1. The summed E-state index contributed by atoms with van der Waals surface area (Å²) in [7, 11) is 0. The number of Topliss-reactive ketones (excluding diaryl/α,β-unsaturated/α-hetero) is 1. The van der Waals surface area contributed by atoms with Gasteiger partial charge in [0.05, 0.1) is 37.5 Å². The summed E-state index contributed by atoms with van der Waals surface area (Å²) in [6.45, 7) is 1.14. The Morgan fingerprint density at radius 3 is 2.16 bits per heavy atom. The maximum absolute atomic E-state index is 12.5. The third-order valence-corrected chi connectivity index (χ3v) is 7.34. The molecule has 0 bridgehead atoms. The average Bonchev–Trinajstić information content (AvgIpc) is 2.98. The molecule has 43 heavy (non-hydrogen) atoms. The van der Waals surface area contributed by atoms with Crippen molar-refractivity contribution in [3.63, 3.8) is 0 Å². The first-order chi connectivity index (χ1) is 20.4. The third kappa shape index (κ3) is 12.8. The number of carbonyl (C=O) groups is 1. The van der Waals surface area contributed by atoms with Crippen molar-refractivity contribution in [2.75, 3.05) is 50.4 Å². The van der Waals surface area contributed by atoms with Gasteiger partial charge in [0.25, 0.3) is 0 Å². The lowest BCUT2D eigenvalue weighted by molar-refractivity contribution is -0.0529. The Labute approximate surface area is 256 Å². The minimum absolute atomic E-state index is 0.00369. The van der Waals surface area contributed by atoms with Gasteiger partial charge in [-0.3, -0.25) is 9.69 Å². The van der Waals surface area contributed by atoms with E-state index in [4.69, 9.17) is 33.0 Å². The number of hydrogen-bond donors (Lipinski definition) is 9. The molecule has 0 amide bonds. The molecule has 1 aromatic carbocycles. The zero-order valence-corrected chi connectivity index (χ0v) is 25.2. The molecule has 0 aliphatic rings. The Morgan fingerprint density at radius 1 is 0.977 bits per heavy atom. The van der Waals surface area contributed by atoms with E-state index in [1.807, 2.05) is 24.3 Å². The number of aromatic nitrogens is 2. The van der Waals surface area contributed by atoms with Gasteiger partial charge in [-0.05, 0) is 50.3 Å². The molecule has 2 aromatic rings. The van der Waals surface area contributed by atoms with Gasteiger partial charge < -0.3 is 47.1 Å². The highest BCUT2D eigenvalue weighted by molar-refractivity contribution is 6.30. The molecule has 0 saturated carbocycles. The van der Waals surface area contributed by atoms with E-state index in [0.29, 0.717) is 30.9 Å². The largest absolute Gasteiger partial charge is 0.394 e. The minimum Gasteiger partial charge on any atom is -0.394 e. The van der Waals surface area contributed by atoms with Gasteiger partial charge in [-0.1, -0.05) is 30.2 Å². The fourth-order valence-electron chi connectivity index (χ4n) is 4.35. The second kappa shape index (κ2) is 18.8. The lowest BCUT2D eigenvalue weighted by Gasteiger charge is -2.30. The zero-order valence-electron chi connectivity index (χ0n) is 24.5. The smallest absolute Gasteiger partial charge is 0.190 e. The molecule has 1 aromatic heterocycles. The summed E-state index contributed by atoms with van der Waals surface area (Å²) >= 11 is 5.95. The SMILES string of the molecule is Cc1nc(N)c(C(=O)CC(=N)CCCCCc2ccc(NCCN(C[C@H](O)[C@H](O)CO)C[C@H](O)[C@H](O)CO)cc2)nc1Cl. The zero-order chi connectivity index (χ0) is 31.9. The van der Waals surface area contributed by atoms with Gasteiger partial charge in [0.1, 0.15) is 12.2 Å². The molecular weight excluding hydrogens is 580 g/mol. The van der Waals surface area contributed by atoms with Crippen molar-refractivity contribution in [1.82, 2.24) is 14.9 Å². The van der Waals surface area contributed by atoms with Gasteiger partial charge in [0.15, 0.2) is 22.4 Å². The molecule has 10 N–H and O–H groups in total. The van der Waals surface area contributed by atoms with Crippen LogP contribution in [0.15, 0.2) is 24.3 Å². The first kappa shape index (κ1) is 36.4. The van der Waals surface area contributed by atoms with Gasteiger partial charge >= 0.3 is 0 Å². The normalized spacial score (nSPS) is 14.3. The summed E-state index contributed by atoms with van der Waals surface area (Å²) < 4.78 is 0. The van der Waals surface area contributed by atoms with E-state index < -0.39 is 37.6 Å². The molecule has 13 nitrogen and oxygen atoms in total. The highest BCUT2D eigenvalue weighted by atomic mass is 35.5. The summed E-state index contributed by atoms with van der Waals surface area (Å²) in [5.74, 6) is -0.345. The van der Waals surface area contributed by atoms with Crippen molar-refractivity contribution in [2.45, 2.75) is 69.9 Å². The number of carbonyl (C=O) groups excluding carboxylic acids is 1. The summed E-state index contributed by atoms with van der Waals surface area (Å²) in [5.41, 5.74) is 8.58. The Bertz CT molecular complexity index is 1140. The van der Waals surface area contributed by atoms with Crippen LogP contribution in [-0.2, 0) is 6.42 Å². The molecule has 0 aliphatic heterocycles. The van der Waals surface area contributed by atoms with Crippen LogP contribution < -0.4 is 11.1 Å². The van der Waals surface area contributed by atoms with E-state index in [2.05, 4.69) is 15.3 Å². The van der Waals surface area contributed by atoms with Crippen LogP contribution in [0.1, 0.15) is 53.8 Å². The predicted molar refractivity (Wildman–Crippen MR) is 165 cm³/mol.